The van der Waals surface area contributed by atoms with Gasteiger partial charge >= 0.3 is 0 Å². The van der Waals surface area contributed by atoms with Gasteiger partial charge in [0.25, 0.3) is 0 Å². The largest absolute Gasteiger partial charge is 0.496 e. The lowest BCUT2D eigenvalue weighted by atomic mass is 9.88. The van der Waals surface area contributed by atoms with Crippen molar-refractivity contribution in [2.75, 3.05) is 26.8 Å². The smallest absolute Gasteiger partial charge is 0.123 e. The van der Waals surface area contributed by atoms with E-state index >= 15 is 0 Å². The Bertz CT molecular complexity index is 421. The molecule has 0 aliphatic carbocycles. The monoisotopic (exact) mass is 261 g/mol. The van der Waals surface area contributed by atoms with Gasteiger partial charge in [0.2, 0.25) is 0 Å². The zero-order chi connectivity index (χ0) is 13.1. The van der Waals surface area contributed by atoms with Crippen molar-refractivity contribution >= 4 is 0 Å². The molecule has 2 saturated heterocycles. The maximum Gasteiger partial charge on any atom is 0.123 e. The Balaban J connectivity index is 1.64. The third-order valence-corrected chi connectivity index (χ3v) is 4.39. The average molecular weight is 261 g/mol. The summed E-state index contributed by atoms with van der Waals surface area (Å²) >= 11 is 0. The highest BCUT2D eigenvalue weighted by Crippen LogP contribution is 2.30. The molecule has 3 heteroatoms. The van der Waals surface area contributed by atoms with Crippen molar-refractivity contribution in [2.45, 2.75) is 31.9 Å². The number of nitrogens with zero attached hydrogens (tertiary/aromatic N) is 1. The van der Waals surface area contributed by atoms with Crippen LogP contribution in [0.15, 0.2) is 24.3 Å². The predicted molar refractivity (Wildman–Crippen MR) is 75.4 cm³/mol. The Kier molecular flexibility index (Phi) is 4.04. The molecule has 3 rings (SSSR count). The number of methoxy groups -OCH3 is 1. The summed E-state index contributed by atoms with van der Waals surface area (Å²) in [7, 11) is 1.75. The highest BCUT2D eigenvalue weighted by atomic mass is 16.5. The van der Waals surface area contributed by atoms with Gasteiger partial charge in [-0.25, -0.2) is 0 Å². The lowest BCUT2D eigenvalue weighted by Gasteiger charge is -2.41. The second-order valence-electron chi connectivity index (χ2n) is 5.65. The van der Waals surface area contributed by atoms with Crippen LogP contribution in [0.5, 0.6) is 5.75 Å². The van der Waals surface area contributed by atoms with Crippen molar-refractivity contribution in [1.82, 2.24) is 4.90 Å². The van der Waals surface area contributed by atoms with Gasteiger partial charge in [0.05, 0.1) is 13.2 Å². The summed E-state index contributed by atoms with van der Waals surface area (Å²) in [4.78, 5) is 2.55. The molecule has 104 valence electrons. The summed E-state index contributed by atoms with van der Waals surface area (Å²) in [6.45, 7) is 4.27. The molecular weight excluding hydrogens is 238 g/mol. The fourth-order valence-corrected chi connectivity index (χ4v) is 3.38. The molecule has 0 amide bonds. The van der Waals surface area contributed by atoms with E-state index in [9.17, 15) is 0 Å². The van der Waals surface area contributed by atoms with Crippen LogP contribution in [0.25, 0.3) is 0 Å². The van der Waals surface area contributed by atoms with Gasteiger partial charge in [-0.3, -0.25) is 4.90 Å². The van der Waals surface area contributed by atoms with Gasteiger partial charge in [-0.05, 0) is 31.2 Å². The van der Waals surface area contributed by atoms with E-state index in [0.717, 1.165) is 31.4 Å². The maximum atomic E-state index is 5.87. The molecular formula is C16H23NO2. The SMILES string of the molecule is COc1ccccc1CN1CCC2OCCCC2C1. The molecule has 0 spiro atoms. The van der Waals surface area contributed by atoms with Gasteiger partial charge in [0.15, 0.2) is 0 Å². The normalized spacial score (nSPS) is 27.8. The summed E-state index contributed by atoms with van der Waals surface area (Å²) in [6, 6.07) is 8.34. The minimum Gasteiger partial charge on any atom is -0.496 e. The average Bonchev–Trinajstić information content (AvgIpc) is 2.48. The zero-order valence-corrected chi connectivity index (χ0v) is 11.7. The second-order valence-corrected chi connectivity index (χ2v) is 5.65. The molecule has 1 aromatic carbocycles. The standard InChI is InChI=1S/C16H23NO2/c1-18-15-7-3-2-5-13(15)11-17-9-8-16-14(12-17)6-4-10-19-16/h2-3,5,7,14,16H,4,6,8-12H2,1H3. The van der Waals surface area contributed by atoms with Crippen LogP contribution in [0.1, 0.15) is 24.8 Å². The van der Waals surface area contributed by atoms with Crippen molar-refractivity contribution in [3.8, 4) is 5.75 Å². The van der Waals surface area contributed by atoms with Crippen molar-refractivity contribution in [3.63, 3.8) is 0 Å². The molecule has 0 saturated carbocycles. The van der Waals surface area contributed by atoms with Crippen LogP contribution in [0.4, 0.5) is 0 Å². The summed E-state index contributed by atoms with van der Waals surface area (Å²) < 4.78 is 11.3. The molecule has 2 aliphatic heterocycles. The van der Waals surface area contributed by atoms with Crippen LogP contribution in [0.2, 0.25) is 0 Å². The number of fused-ring (bicyclic) bond motifs is 1. The van der Waals surface area contributed by atoms with Crippen molar-refractivity contribution < 1.29 is 9.47 Å². The summed E-state index contributed by atoms with van der Waals surface area (Å²) in [6.07, 6.45) is 4.25. The number of hydrogen-bond acceptors (Lipinski definition) is 3. The number of hydrogen-bond donors (Lipinski definition) is 0. The second kappa shape index (κ2) is 5.93. The minimum atomic E-state index is 0.516. The topological polar surface area (TPSA) is 21.7 Å². The fraction of sp³-hybridized carbons (Fsp3) is 0.625. The van der Waals surface area contributed by atoms with Gasteiger partial charge < -0.3 is 9.47 Å². The Hall–Kier alpha value is -1.06. The summed E-state index contributed by atoms with van der Waals surface area (Å²) in [5.74, 6) is 1.74. The molecule has 1 aromatic rings. The molecule has 2 fully saturated rings. The molecule has 2 heterocycles. The quantitative estimate of drug-likeness (QED) is 0.835. The number of benzene rings is 1. The molecule has 0 aromatic heterocycles. The molecule has 2 unspecified atom stereocenters. The van der Waals surface area contributed by atoms with Crippen LogP contribution >= 0.6 is 0 Å². The molecule has 3 nitrogen and oxygen atoms in total. The van der Waals surface area contributed by atoms with E-state index in [1.54, 1.807) is 7.11 Å². The summed E-state index contributed by atoms with van der Waals surface area (Å²) in [5, 5.41) is 0. The number of ether oxygens (including phenoxy) is 2. The Labute approximate surface area is 115 Å². The highest BCUT2D eigenvalue weighted by molar-refractivity contribution is 5.33. The number of rotatable bonds is 3. The first-order valence-corrected chi connectivity index (χ1v) is 7.32. The Morgan fingerprint density at radius 1 is 1.32 bits per heavy atom. The van der Waals surface area contributed by atoms with E-state index in [1.807, 2.05) is 12.1 Å². The van der Waals surface area contributed by atoms with Crippen LogP contribution in [-0.4, -0.2) is 37.8 Å². The molecule has 2 aliphatic rings. The van der Waals surface area contributed by atoms with E-state index in [0.29, 0.717) is 6.10 Å². The van der Waals surface area contributed by atoms with Crippen LogP contribution in [0.3, 0.4) is 0 Å². The van der Waals surface area contributed by atoms with Gasteiger partial charge in [-0.15, -0.1) is 0 Å². The molecule has 0 radical (unpaired) electrons. The van der Waals surface area contributed by atoms with Gasteiger partial charge in [0.1, 0.15) is 5.75 Å². The summed E-state index contributed by atoms with van der Waals surface area (Å²) in [5.41, 5.74) is 1.29. The molecule has 0 N–H and O–H groups in total. The van der Waals surface area contributed by atoms with E-state index in [2.05, 4.69) is 17.0 Å². The highest BCUT2D eigenvalue weighted by Gasteiger charge is 2.32. The first kappa shape index (κ1) is 12.9. The van der Waals surface area contributed by atoms with Crippen molar-refractivity contribution in [2.24, 2.45) is 5.92 Å². The van der Waals surface area contributed by atoms with E-state index in [4.69, 9.17) is 9.47 Å². The lowest BCUT2D eigenvalue weighted by molar-refractivity contribution is -0.0676. The van der Waals surface area contributed by atoms with Gasteiger partial charge in [0, 0.05) is 31.8 Å². The first-order valence-electron chi connectivity index (χ1n) is 7.32. The zero-order valence-electron chi connectivity index (χ0n) is 11.7. The number of piperidine rings is 1. The fourth-order valence-electron chi connectivity index (χ4n) is 3.38. The van der Waals surface area contributed by atoms with E-state index < -0.39 is 0 Å². The van der Waals surface area contributed by atoms with E-state index in [-0.39, 0.29) is 0 Å². The van der Waals surface area contributed by atoms with Crippen molar-refractivity contribution in [1.29, 1.82) is 0 Å². The maximum absolute atomic E-state index is 5.87. The third-order valence-electron chi connectivity index (χ3n) is 4.39. The molecule has 19 heavy (non-hydrogen) atoms. The molecule has 2 atom stereocenters. The minimum absolute atomic E-state index is 0.516. The van der Waals surface area contributed by atoms with E-state index in [1.165, 1.54) is 31.4 Å². The Morgan fingerprint density at radius 2 is 2.21 bits per heavy atom. The van der Waals surface area contributed by atoms with Crippen LogP contribution in [0, 0.1) is 5.92 Å². The van der Waals surface area contributed by atoms with Crippen LogP contribution < -0.4 is 4.74 Å². The number of para-hydroxylation sites is 1. The van der Waals surface area contributed by atoms with Gasteiger partial charge in [-0.2, -0.15) is 0 Å². The van der Waals surface area contributed by atoms with Crippen LogP contribution in [-0.2, 0) is 11.3 Å². The van der Waals surface area contributed by atoms with Gasteiger partial charge in [-0.1, -0.05) is 18.2 Å². The first-order chi connectivity index (χ1) is 9.36. The lowest BCUT2D eigenvalue weighted by Crippen LogP contribution is -2.45. The number of likely N-dealkylation sites (tertiary alicyclic amines) is 1. The Morgan fingerprint density at radius 3 is 3.11 bits per heavy atom. The third kappa shape index (κ3) is 2.93. The predicted octanol–water partition coefficient (Wildman–Crippen LogP) is 2.70. The molecule has 0 bridgehead atoms. The van der Waals surface area contributed by atoms with Crippen molar-refractivity contribution in [3.05, 3.63) is 29.8 Å².